The van der Waals surface area contributed by atoms with Crippen LogP contribution in [0.2, 0.25) is 0 Å². The topological polar surface area (TPSA) is 75.4 Å². The van der Waals surface area contributed by atoms with E-state index in [-0.39, 0.29) is 18.4 Å². The molecule has 0 unspecified atom stereocenters. The fraction of sp³-hybridized carbons (Fsp3) is 0.467. The van der Waals surface area contributed by atoms with Gasteiger partial charge < -0.3 is 16.0 Å². The highest BCUT2D eigenvalue weighted by atomic mass is 16.2. The third-order valence-corrected chi connectivity index (χ3v) is 3.41. The van der Waals surface area contributed by atoms with Gasteiger partial charge in [0.15, 0.2) is 0 Å². The molecule has 108 valence electrons. The van der Waals surface area contributed by atoms with E-state index in [2.05, 4.69) is 5.32 Å². The molecular weight excluding hydrogens is 254 g/mol. The van der Waals surface area contributed by atoms with Crippen molar-refractivity contribution in [2.24, 2.45) is 0 Å². The molecule has 0 atom stereocenters. The highest BCUT2D eigenvalue weighted by Crippen LogP contribution is 2.18. The van der Waals surface area contributed by atoms with E-state index in [9.17, 15) is 9.59 Å². The molecule has 1 aliphatic rings. The molecule has 20 heavy (non-hydrogen) atoms. The van der Waals surface area contributed by atoms with E-state index >= 15 is 0 Å². The SMILES string of the molecule is CN(CC(=O)NC1CC1)C(=O)CCc1ccccc1N. The molecule has 0 spiro atoms. The minimum absolute atomic E-state index is 0.0424. The highest BCUT2D eigenvalue weighted by Gasteiger charge is 2.24. The zero-order chi connectivity index (χ0) is 14.5. The minimum Gasteiger partial charge on any atom is -0.399 e. The Bertz CT molecular complexity index is 498. The fourth-order valence-corrected chi connectivity index (χ4v) is 2.00. The summed E-state index contributed by atoms with van der Waals surface area (Å²) < 4.78 is 0. The first-order valence-corrected chi connectivity index (χ1v) is 6.93. The maximum absolute atomic E-state index is 12.0. The van der Waals surface area contributed by atoms with Gasteiger partial charge in [-0.3, -0.25) is 9.59 Å². The van der Waals surface area contributed by atoms with E-state index in [1.807, 2.05) is 24.3 Å². The van der Waals surface area contributed by atoms with Crippen molar-refractivity contribution in [3.8, 4) is 0 Å². The number of nitrogens with two attached hydrogens (primary N) is 1. The lowest BCUT2D eigenvalue weighted by molar-refractivity contribution is -0.134. The molecular formula is C15H21N3O2. The number of anilines is 1. The quantitative estimate of drug-likeness (QED) is 0.759. The Morgan fingerprint density at radius 2 is 2.05 bits per heavy atom. The number of nitrogens with one attached hydrogen (secondary N) is 1. The monoisotopic (exact) mass is 275 g/mol. The zero-order valence-electron chi connectivity index (χ0n) is 11.8. The molecule has 5 heteroatoms. The van der Waals surface area contributed by atoms with E-state index in [0.717, 1.165) is 18.4 Å². The third kappa shape index (κ3) is 4.26. The molecule has 0 aliphatic heterocycles. The fourth-order valence-electron chi connectivity index (χ4n) is 2.00. The van der Waals surface area contributed by atoms with Crippen molar-refractivity contribution in [3.05, 3.63) is 29.8 Å². The molecule has 1 aromatic rings. The standard InChI is InChI=1S/C15H21N3O2/c1-18(10-14(19)17-12-7-8-12)15(20)9-6-11-4-2-3-5-13(11)16/h2-5,12H,6-10,16H2,1H3,(H,17,19). The summed E-state index contributed by atoms with van der Waals surface area (Å²) in [4.78, 5) is 25.1. The first kappa shape index (κ1) is 14.4. The van der Waals surface area contributed by atoms with Gasteiger partial charge in [-0.2, -0.15) is 0 Å². The highest BCUT2D eigenvalue weighted by molar-refractivity contribution is 5.85. The maximum atomic E-state index is 12.0. The van der Waals surface area contributed by atoms with Crippen molar-refractivity contribution in [3.63, 3.8) is 0 Å². The van der Waals surface area contributed by atoms with E-state index in [0.29, 0.717) is 24.6 Å². The summed E-state index contributed by atoms with van der Waals surface area (Å²) in [7, 11) is 1.66. The summed E-state index contributed by atoms with van der Waals surface area (Å²) in [6.07, 6.45) is 3.06. The summed E-state index contributed by atoms with van der Waals surface area (Å²) in [6.45, 7) is 0.125. The molecule has 1 fully saturated rings. The molecule has 0 aromatic heterocycles. The third-order valence-electron chi connectivity index (χ3n) is 3.41. The molecule has 1 saturated carbocycles. The van der Waals surface area contributed by atoms with Gasteiger partial charge in [-0.1, -0.05) is 18.2 Å². The molecule has 3 N–H and O–H groups in total. The Balaban J connectivity index is 1.75. The molecule has 5 nitrogen and oxygen atoms in total. The smallest absolute Gasteiger partial charge is 0.239 e. The molecule has 0 radical (unpaired) electrons. The number of para-hydroxylation sites is 1. The van der Waals surface area contributed by atoms with Crippen molar-refractivity contribution in [1.82, 2.24) is 10.2 Å². The van der Waals surface area contributed by atoms with Crippen LogP contribution in [0, 0.1) is 0 Å². The number of hydrogen-bond acceptors (Lipinski definition) is 3. The van der Waals surface area contributed by atoms with Crippen LogP contribution in [0.1, 0.15) is 24.8 Å². The predicted octanol–water partition coefficient (Wildman–Crippen LogP) is 0.938. The van der Waals surface area contributed by atoms with Gasteiger partial charge >= 0.3 is 0 Å². The lowest BCUT2D eigenvalue weighted by Gasteiger charge is -2.17. The average Bonchev–Trinajstić information content (AvgIpc) is 3.21. The van der Waals surface area contributed by atoms with E-state index in [1.54, 1.807) is 7.05 Å². The van der Waals surface area contributed by atoms with Crippen LogP contribution in [0.15, 0.2) is 24.3 Å². The minimum atomic E-state index is -0.0809. The Labute approximate surface area is 119 Å². The van der Waals surface area contributed by atoms with Crippen LogP contribution in [0.4, 0.5) is 5.69 Å². The Kier molecular flexibility index (Phi) is 4.61. The number of nitrogens with zero attached hydrogens (tertiary/aromatic N) is 1. The van der Waals surface area contributed by atoms with Crippen LogP contribution in [0.3, 0.4) is 0 Å². The van der Waals surface area contributed by atoms with Crippen molar-refractivity contribution in [2.45, 2.75) is 31.7 Å². The normalized spacial score (nSPS) is 13.8. The van der Waals surface area contributed by atoms with Gasteiger partial charge in [0, 0.05) is 25.2 Å². The van der Waals surface area contributed by atoms with E-state index in [4.69, 9.17) is 5.73 Å². The summed E-state index contributed by atoms with van der Waals surface area (Å²) >= 11 is 0. The van der Waals surface area contributed by atoms with Crippen molar-refractivity contribution in [2.75, 3.05) is 19.3 Å². The molecule has 2 rings (SSSR count). The second-order valence-corrected chi connectivity index (χ2v) is 5.29. The van der Waals surface area contributed by atoms with Crippen molar-refractivity contribution >= 4 is 17.5 Å². The molecule has 0 saturated heterocycles. The van der Waals surface area contributed by atoms with Gasteiger partial charge in [-0.15, -0.1) is 0 Å². The van der Waals surface area contributed by atoms with Crippen LogP contribution in [-0.4, -0.2) is 36.3 Å². The van der Waals surface area contributed by atoms with E-state index in [1.165, 1.54) is 4.90 Å². The van der Waals surface area contributed by atoms with Gasteiger partial charge in [0.1, 0.15) is 0 Å². The number of nitrogen functional groups attached to an aromatic ring is 1. The largest absolute Gasteiger partial charge is 0.399 e. The van der Waals surface area contributed by atoms with Gasteiger partial charge in [-0.25, -0.2) is 0 Å². The summed E-state index contributed by atoms with van der Waals surface area (Å²) in [5.74, 6) is -0.123. The first-order chi connectivity index (χ1) is 9.56. The number of aryl methyl sites for hydroxylation is 1. The molecule has 1 aliphatic carbocycles. The Hall–Kier alpha value is -2.04. The van der Waals surface area contributed by atoms with Crippen LogP contribution >= 0.6 is 0 Å². The number of likely N-dealkylation sites (N-methyl/N-ethyl adjacent to an activating group) is 1. The van der Waals surface area contributed by atoms with Crippen LogP contribution in [0.5, 0.6) is 0 Å². The summed E-state index contributed by atoms with van der Waals surface area (Å²) in [5.41, 5.74) is 7.51. The number of carbonyl (C=O) groups is 2. The number of hydrogen-bond donors (Lipinski definition) is 2. The van der Waals surface area contributed by atoms with Gasteiger partial charge in [0.2, 0.25) is 11.8 Å². The lowest BCUT2D eigenvalue weighted by Crippen LogP contribution is -2.39. The summed E-state index contributed by atoms with van der Waals surface area (Å²) in [5, 5.41) is 2.87. The number of carbonyl (C=O) groups excluding carboxylic acids is 2. The predicted molar refractivity (Wildman–Crippen MR) is 78.0 cm³/mol. The number of amides is 2. The van der Waals surface area contributed by atoms with Crippen molar-refractivity contribution in [1.29, 1.82) is 0 Å². The summed E-state index contributed by atoms with van der Waals surface area (Å²) in [6, 6.07) is 7.85. The molecule has 0 bridgehead atoms. The maximum Gasteiger partial charge on any atom is 0.239 e. The molecule has 2 amide bonds. The average molecular weight is 275 g/mol. The van der Waals surface area contributed by atoms with Gasteiger partial charge in [-0.05, 0) is 30.9 Å². The van der Waals surface area contributed by atoms with Crippen LogP contribution < -0.4 is 11.1 Å². The Morgan fingerprint density at radius 1 is 1.35 bits per heavy atom. The zero-order valence-corrected chi connectivity index (χ0v) is 11.8. The van der Waals surface area contributed by atoms with Gasteiger partial charge in [0.05, 0.1) is 6.54 Å². The molecule has 0 heterocycles. The lowest BCUT2D eigenvalue weighted by atomic mass is 10.1. The number of benzene rings is 1. The van der Waals surface area contributed by atoms with Crippen LogP contribution in [-0.2, 0) is 16.0 Å². The second-order valence-electron chi connectivity index (χ2n) is 5.29. The van der Waals surface area contributed by atoms with Gasteiger partial charge in [0.25, 0.3) is 0 Å². The number of rotatable bonds is 6. The van der Waals surface area contributed by atoms with Crippen molar-refractivity contribution < 1.29 is 9.59 Å². The first-order valence-electron chi connectivity index (χ1n) is 6.93. The molecule has 1 aromatic carbocycles. The van der Waals surface area contributed by atoms with E-state index < -0.39 is 0 Å². The second kappa shape index (κ2) is 6.41. The van der Waals surface area contributed by atoms with Crippen LogP contribution in [0.25, 0.3) is 0 Å². The Morgan fingerprint density at radius 3 is 2.70 bits per heavy atom.